The van der Waals surface area contributed by atoms with E-state index in [1.165, 1.54) is 6.07 Å². The second kappa shape index (κ2) is 43.5. The maximum atomic E-state index is 13.2. The highest BCUT2D eigenvalue weighted by Crippen LogP contribution is 2.32. The highest BCUT2D eigenvalue weighted by molar-refractivity contribution is 6.26. The summed E-state index contributed by atoms with van der Waals surface area (Å²) in [4.78, 5) is 85.5. The fourth-order valence-corrected chi connectivity index (χ4v) is 6.95. The molecule has 1 aromatic carbocycles. The van der Waals surface area contributed by atoms with Gasteiger partial charge in [-0.2, -0.15) is 0 Å². The molecule has 1 fully saturated rings. The Morgan fingerprint density at radius 3 is 1.32 bits per heavy atom. The molecule has 2 aliphatic heterocycles. The van der Waals surface area contributed by atoms with Crippen molar-refractivity contribution in [2.45, 2.75) is 63.8 Å². The Labute approximate surface area is 438 Å². The molecule has 75 heavy (non-hydrogen) atoms. The lowest BCUT2D eigenvalue weighted by atomic mass is 10.0. The Hall–Kier alpha value is -4.61. The molecule has 0 radical (unpaired) electrons. The molecular weight excluding hydrogens is 993 g/mol. The van der Waals surface area contributed by atoms with Crippen LogP contribution in [-0.2, 0) is 85.6 Å². The molecule has 1 unspecified atom stereocenters. The molecule has 3 rings (SSSR count). The van der Waals surface area contributed by atoms with E-state index >= 15 is 0 Å². The first-order valence-electron chi connectivity index (χ1n) is 25.8. The van der Waals surface area contributed by atoms with Crippen LogP contribution in [0.2, 0.25) is 0 Å². The van der Waals surface area contributed by atoms with Crippen LogP contribution in [0.15, 0.2) is 18.2 Å². The molecule has 426 valence electrons. The number of carbonyl (C=O) groups is 7. The van der Waals surface area contributed by atoms with Gasteiger partial charge in [0.1, 0.15) is 6.04 Å². The van der Waals surface area contributed by atoms with Crippen molar-refractivity contribution in [3.63, 3.8) is 0 Å². The SMILES string of the molecule is O=C(O)CCC(=O)NCCCOCCOCCOCCOCCOCCOCCOCCOCCOCCOCCOCCOCCOCCCCCC(=O)Nc1cccc2c1C(=O)N(C1CCC(=O)NC1=O)C2=O. The Morgan fingerprint density at radius 2 is 0.907 bits per heavy atom. The summed E-state index contributed by atoms with van der Waals surface area (Å²) in [6, 6.07) is 3.51. The predicted octanol–water partition coefficient (Wildman–Crippen LogP) is 1.17. The molecule has 25 nitrogen and oxygen atoms in total. The molecule has 25 heteroatoms. The molecule has 6 amide bonds. The average Bonchev–Trinajstić information content (AvgIpc) is 3.65. The fraction of sp³-hybridized carbons (Fsp3) is 0.740. The summed E-state index contributed by atoms with van der Waals surface area (Å²) < 4.78 is 71.5. The smallest absolute Gasteiger partial charge is 0.303 e. The highest BCUT2D eigenvalue weighted by atomic mass is 16.6. The number of rotatable bonds is 51. The van der Waals surface area contributed by atoms with Crippen molar-refractivity contribution >= 4 is 47.1 Å². The average molecular weight is 1070 g/mol. The van der Waals surface area contributed by atoms with E-state index in [0.29, 0.717) is 191 Å². The summed E-state index contributed by atoms with van der Waals surface area (Å²) in [6.45, 7) is 12.2. The number of piperidine rings is 1. The molecule has 1 aromatic rings. The molecular formula is C50H80N4O21. The quantitative estimate of drug-likeness (QED) is 0.0526. The first-order valence-corrected chi connectivity index (χ1v) is 25.8. The Morgan fingerprint density at radius 1 is 0.493 bits per heavy atom. The summed E-state index contributed by atoms with van der Waals surface area (Å²) >= 11 is 0. The minimum atomic E-state index is -1.08. The highest BCUT2D eigenvalue weighted by Gasteiger charge is 2.45. The van der Waals surface area contributed by atoms with E-state index in [9.17, 15) is 33.6 Å². The largest absolute Gasteiger partial charge is 0.481 e. The molecule has 0 spiro atoms. The third kappa shape index (κ3) is 31.3. The van der Waals surface area contributed by atoms with E-state index in [-0.39, 0.29) is 60.7 Å². The van der Waals surface area contributed by atoms with Crippen LogP contribution >= 0.6 is 0 Å². The third-order valence-electron chi connectivity index (χ3n) is 10.8. The zero-order valence-electron chi connectivity index (χ0n) is 43.3. The van der Waals surface area contributed by atoms with Crippen molar-refractivity contribution in [1.82, 2.24) is 15.5 Å². The standard InChI is InChI=1S/C50H80N4O21/c55-43(11-12-46(58)59)51-13-5-15-64-17-19-66-21-23-68-25-27-70-29-31-72-33-35-74-37-39-75-38-36-73-34-32-71-30-28-69-26-24-67-22-20-65-18-16-63-14-3-1-2-8-44(56)52-41-7-4-6-40-47(41)50(62)54(49(40)61)42-9-10-45(57)53-48(42)60/h4,6-7,42H,1-3,5,8-39H2,(H,51,55)(H,52,56)(H,58,59)(H,53,57,60). The fourth-order valence-electron chi connectivity index (χ4n) is 6.95. The van der Waals surface area contributed by atoms with Gasteiger partial charge in [0.05, 0.1) is 182 Å². The Balaban J connectivity index is 0.932. The first-order chi connectivity index (χ1) is 36.7. The summed E-state index contributed by atoms with van der Waals surface area (Å²) in [5, 5.41) is 16.1. The first kappa shape index (κ1) is 64.7. The number of carbonyl (C=O) groups excluding carboxylic acids is 6. The van der Waals surface area contributed by atoms with Gasteiger partial charge >= 0.3 is 5.97 Å². The van der Waals surface area contributed by atoms with E-state index in [0.717, 1.165) is 17.7 Å². The molecule has 2 aliphatic rings. The van der Waals surface area contributed by atoms with Crippen LogP contribution in [0.5, 0.6) is 0 Å². The number of ether oxygens (including phenoxy) is 13. The number of hydrogen-bond donors (Lipinski definition) is 4. The topological polar surface area (TPSA) is 299 Å². The van der Waals surface area contributed by atoms with Gasteiger partial charge in [-0.15, -0.1) is 0 Å². The van der Waals surface area contributed by atoms with Gasteiger partial charge in [-0.05, 0) is 37.8 Å². The predicted molar refractivity (Wildman–Crippen MR) is 265 cm³/mol. The number of nitrogens with zero attached hydrogens (tertiary/aromatic N) is 1. The van der Waals surface area contributed by atoms with Crippen LogP contribution in [0.3, 0.4) is 0 Å². The normalized spacial score (nSPS) is 14.4. The zero-order chi connectivity index (χ0) is 53.8. The third-order valence-corrected chi connectivity index (χ3v) is 10.8. The lowest BCUT2D eigenvalue weighted by Gasteiger charge is -2.27. The van der Waals surface area contributed by atoms with Crippen molar-refractivity contribution < 1.29 is 100 Å². The number of aliphatic carboxylic acids is 1. The van der Waals surface area contributed by atoms with E-state index in [1.807, 2.05) is 0 Å². The lowest BCUT2D eigenvalue weighted by Crippen LogP contribution is -2.54. The molecule has 0 aliphatic carbocycles. The number of nitrogens with one attached hydrogen (secondary N) is 3. The van der Waals surface area contributed by atoms with Crippen molar-refractivity contribution in [3.05, 3.63) is 29.3 Å². The van der Waals surface area contributed by atoms with Gasteiger partial charge in [0, 0.05) is 39.0 Å². The molecule has 1 saturated heterocycles. The van der Waals surface area contributed by atoms with Crippen LogP contribution in [0.4, 0.5) is 5.69 Å². The number of hydrogen-bond acceptors (Lipinski definition) is 20. The van der Waals surface area contributed by atoms with Gasteiger partial charge in [0.2, 0.25) is 23.6 Å². The van der Waals surface area contributed by atoms with Crippen LogP contribution < -0.4 is 16.0 Å². The van der Waals surface area contributed by atoms with Gasteiger partial charge in [-0.3, -0.25) is 43.8 Å². The number of unbranched alkanes of at least 4 members (excludes halogenated alkanes) is 2. The maximum Gasteiger partial charge on any atom is 0.303 e. The van der Waals surface area contributed by atoms with Gasteiger partial charge in [0.25, 0.3) is 11.8 Å². The number of fused-ring (bicyclic) bond motifs is 1. The summed E-state index contributed by atoms with van der Waals surface area (Å²) in [6.07, 6.45) is 2.84. The molecule has 0 bridgehead atoms. The second-order valence-electron chi connectivity index (χ2n) is 16.6. The number of carboxylic acids is 1. The Kier molecular flexibility index (Phi) is 37.5. The van der Waals surface area contributed by atoms with E-state index in [2.05, 4.69) is 16.0 Å². The van der Waals surface area contributed by atoms with Crippen molar-refractivity contribution in [2.24, 2.45) is 0 Å². The molecule has 0 saturated carbocycles. The van der Waals surface area contributed by atoms with Crippen molar-refractivity contribution in [2.75, 3.05) is 184 Å². The van der Waals surface area contributed by atoms with Gasteiger partial charge in [0.15, 0.2) is 0 Å². The molecule has 4 N–H and O–H groups in total. The van der Waals surface area contributed by atoms with Crippen molar-refractivity contribution in [1.29, 1.82) is 0 Å². The number of benzene rings is 1. The van der Waals surface area contributed by atoms with Gasteiger partial charge in [-0.1, -0.05) is 12.5 Å². The number of imide groups is 2. The van der Waals surface area contributed by atoms with Crippen LogP contribution in [0.1, 0.15) is 78.5 Å². The lowest BCUT2D eigenvalue weighted by molar-refractivity contribution is -0.139. The van der Waals surface area contributed by atoms with E-state index in [1.54, 1.807) is 12.1 Å². The maximum absolute atomic E-state index is 13.2. The van der Waals surface area contributed by atoms with E-state index in [4.69, 9.17) is 66.7 Å². The number of anilines is 1. The monoisotopic (exact) mass is 1070 g/mol. The number of carboxylic acid groups (broad SMARTS) is 1. The minimum absolute atomic E-state index is 0.0215. The molecule has 0 aromatic heterocycles. The van der Waals surface area contributed by atoms with Gasteiger partial charge in [-0.25, -0.2) is 0 Å². The van der Waals surface area contributed by atoms with E-state index < -0.39 is 35.6 Å². The summed E-state index contributed by atoms with van der Waals surface area (Å²) in [5.41, 5.74) is 0.361. The minimum Gasteiger partial charge on any atom is -0.481 e. The zero-order valence-corrected chi connectivity index (χ0v) is 43.3. The second-order valence-corrected chi connectivity index (χ2v) is 16.6. The van der Waals surface area contributed by atoms with Crippen LogP contribution in [-0.4, -0.2) is 236 Å². The number of amides is 6. The van der Waals surface area contributed by atoms with Crippen LogP contribution in [0, 0.1) is 0 Å². The van der Waals surface area contributed by atoms with Crippen LogP contribution in [0.25, 0.3) is 0 Å². The summed E-state index contributed by atoms with van der Waals surface area (Å²) in [5.74, 6) is -4.02. The molecule has 2 heterocycles. The van der Waals surface area contributed by atoms with Crippen molar-refractivity contribution in [3.8, 4) is 0 Å². The van der Waals surface area contributed by atoms with Gasteiger partial charge < -0.3 is 77.3 Å². The summed E-state index contributed by atoms with van der Waals surface area (Å²) in [7, 11) is 0. The Bertz CT molecular complexity index is 1780. The molecule has 1 atom stereocenters.